The first-order valence-electron chi connectivity index (χ1n) is 12.2. The van der Waals surface area contributed by atoms with Crippen LogP contribution in [0.25, 0.3) is 22.2 Å². The van der Waals surface area contributed by atoms with Crippen molar-refractivity contribution in [2.24, 2.45) is 14.1 Å². The predicted octanol–water partition coefficient (Wildman–Crippen LogP) is 4.28. The maximum absolute atomic E-state index is 13.5. The third-order valence-electron chi connectivity index (χ3n) is 6.72. The van der Waals surface area contributed by atoms with E-state index in [4.69, 9.17) is 16.6 Å². The number of aryl methyl sites for hydroxylation is 2. The molecule has 9 heteroatoms. The Bertz CT molecular complexity index is 1420. The Morgan fingerprint density at radius 1 is 1.08 bits per heavy atom. The summed E-state index contributed by atoms with van der Waals surface area (Å²) in [5.41, 5.74) is 4.17. The molecule has 0 radical (unpaired) electrons. The molecule has 0 aliphatic carbocycles. The Labute approximate surface area is 216 Å². The Hall–Kier alpha value is -3.23. The second-order valence-corrected chi connectivity index (χ2v) is 11.0. The molecule has 0 bridgehead atoms. The molecule has 4 heterocycles. The zero-order valence-corrected chi connectivity index (χ0v) is 22.2. The van der Waals surface area contributed by atoms with Gasteiger partial charge >= 0.3 is 0 Å². The summed E-state index contributed by atoms with van der Waals surface area (Å²) in [5, 5.41) is 5.89. The van der Waals surface area contributed by atoms with E-state index in [-0.39, 0.29) is 11.3 Å². The number of piperazine rings is 1. The van der Waals surface area contributed by atoms with Crippen LogP contribution in [-0.2, 0) is 26.1 Å². The number of aromatic nitrogens is 5. The van der Waals surface area contributed by atoms with Crippen LogP contribution in [0.5, 0.6) is 0 Å². The fraction of sp³-hybridized carbons (Fsp3) is 0.407. The predicted molar refractivity (Wildman–Crippen MR) is 142 cm³/mol. The van der Waals surface area contributed by atoms with Crippen LogP contribution < -0.4 is 0 Å². The van der Waals surface area contributed by atoms with Gasteiger partial charge < -0.3 is 9.47 Å². The minimum absolute atomic E-state index is 0.0349. The number of fused-ring (bicyclic) bond motifs is 1. The van der Waals surface area contributed by atoms with E-state index in [9.17, 15) is 4.79 Å². The third kappa shape index (κ3) is 4.75. The van der Waals surface area contributed by atoms with Crippen LogP contribution in [0.2, 0.25) is 5.02 Å². The Balaban J connectivity index is 1.40. The minimum atomic E-state index is -0.163. The average Bonchev–Trinajstić information content (AvgIpc) is 3.40. The van der Waals surface area contributed by atoms with Crippen molar-refractivity contribution in [3.05, 3.63) is 65.0 Å². The van der Waals surface area contributed by atoms with Gasteiger partial charge in [-0.2, -0.15) is 5.10 Å². The number of benzene rings is 1. The van der Waals surface area contributed by atoms with Gasteiger partial charge in [0, 0.05) is 87.3 Å². The lowest BCUT2D eigenvalue weighted by Gasteiger charge is -2.34. The summed E-state index contributed by atoms with van der Waals surface area (Å²) < 4.78 is 3.84. The van der Waals surface area contributed by atoms with E-state index in [1.807, 2.05) is 64.9 Å². The topological polar surface area (TPSA) is 72.1 Å². The molecule has 0 unspecified atom stereocenters. The highest BCUT2D eigenvalue weighted by molar-refractivity contribution is 6.34. The monoisotopic (exact) mass is 505 g/mol. The quantitative estimate of drug-likeness (QED) is 0.414. The molecule has 4 aromatic rings. The van der Waals surface area contributed by atoms with Crippen molar-refractivity contribution in [2.45, 2.75) is 32.7 Å². The molecule has 1 aliphatic heterocycles. The van der Waals surface area contributed by atoms with Crippen LogP contribution in [0.1, 0.15) is 42.6 Å². The van der Waals surface area contributed by atoms with Gasteiger partial charge in [-0.3, -0.25) is 14.4 Å². The first-order chi connectivity index (χ1) is 17.1. The Kier molecular flexibility index (Phi) is 6.34. The summed E-state index contributed by atoms with van der Waals surface area (Å²) in [7, 11) is 3.91. The summed E-state index contributed by atoms with van der Waals surface area (Å²) in [4.78, 5) is 27.1. The summed E-state index contributed by atoms with van der Waals surface area (Å²) in [5.74, 6) is 0.748. The van der Waals surface area contributed by atoms with Crippen molar-refractivity contribution in [1.29, 1.82) is 0 Å². The minimum Gasteiger partial charge on any atom is -0.350 e. The van der Waals surface area contributed by atoms with Crippen LogP contribution >= 0.6 is 11.6 Å². The summed E-state index contributed by atoms with van der Waals surface area (Å²) in [6.07, 6.45) is 5.80. The Morgan fingerprint density at radius 2 is 1.83 bits per heavy atom. The maximum atomic E-state index is 13.5. The lowest BCUT2D eigenvalue weighted by Crippen LogP contribution is -2.48. The lowest BCUT2D eigenvalue weighted by molar-refractivity contribution is 0.0627. The first-order valence-corrected chi connectivity index (χ1v) is 12.6. The van der Waals surface area contributed by atoms with Gasteiger partial charge in [-0.15, -0.1) is 0 Å². The lowest BCUT2D eigenvalue weighted by atomic mass is 9.95. The smallest absolute Gasteiger partial charge is 0.255 e. The first kappa shape index (κ1) is 24.5. The van der Waals surface area contributed by atoms with Gasteiger partial charge in [-0.1, -0.05) is 32.4 Å². The second kappa shape index (κ2) is 9.33. The molecule has 1 saturated heterocycles. The standard InChI is InChI=1S/C27H32ClN7O/c1-27(2,3)26-29-8-6-23(30-26)21-17-32(4)24-15-22(28)20(14-19(21)24)25(36)35-12-10-34(11-13-35)16-18-7-9-33(5)31-18/h6-9,14-15,17H,10-13,16H2,1-5H3. The van der Waals surface area contributed by atoms with Gasteiger partial charge in [-0.25, -0.2) is 9.97 Å². The summed E-state index contributed by atoms with van der Waals surface area (Å²) in [6, 6.07) is 7.76. The molecule has 1 aliphatic rings. The molecule has 1 amide bonds. The molecule has 1 fully saturated rings. The van der Waals surface area contributed by atoms with E-state index in [2.05, 4.69) is 35.8 Å². The SMILES string of the molecule is Cn1ccc(CN2CCN(C(=O)c3cc4c(-c5ccnc(C(C)(C)C)n5)cn(C)c4cc3Cl)CC2)n1. The maximum Gasteiger partial charge on any atom is 0.255 e. The molecule has 0 N–H and O–H groups in total. The van der Waals surface area contributed by atoms with Crippen LogP contribution in [0.4, 0.5) is 0 Å². The highest BCUT2D eigenvalue weighted by atomic mass is 35.5. The fourth-order valence-corrected chi connectivity index (χ4v) is 4.94. The largest absolute Gasteiger partial charge is 0.350 e. The highest BCUT2D eigenvalue weighted by Crippen LogP contribution is 2.34. The zero-order chi connectivity index (χ0) is 25.6. The van der Waals surface area contributed by atoms with Crippen molar-refractivity contribution in [3.8, 4) is 11.3 Å². The van der Waals surface area contributed by atoms with Crippen molar-refractivity contribution >= 4 is 28.4 Å². The summed E-state index contributed by atoms with van der Waals surface area (Å²) in [6.45, 7) is 10.00. The van der Waals surface area contributed by atoms with Crippen LogP contribution in [-0.4, -0.2) is 66.2 Å². The van der Waals surface area contributed by atoms with Crippen molar-refractivity contribution < 1.29 is 4.79 Å². The van der Waals surface area contributed by atoms with E-state index < -0.39 is 0 Å². The molecule has 3 aromatic heterocycles. The van der Waals surface area contributed by atoms with Crippen molar-refractivity contribution in [2.75, 3.05) is 26.2 Å². The van der Waals surface area contributed by atoms with Gasteiger partial charge in [-0.05, 0) is 24.3 Å². The number of halogens is 1. The van der Waals surface area contributed by atoms with Crippen molar-refractivity contribution in [1.82, 2.24) is 34.1 Å². The molecule has 5 rings (SSSR count). The summed E-state index contributed by atoms with van der Waals surface area (Å²) >= 11 is 6.66. The number of carbonyl (C=O) groups is 1. The van der Waals surface area contributed by atoms with Gasteiger partial charge in [0.1, 0.15) is 5.82 Å². The number of hydrogen-bond acceptors (Lipinski definition) is 5. The van der Waals surface area contributed by atoms with Crippen molar-refractivity contribution in [3.63, 3.8) is 0 Å². The number of amides is 1. The van der Waals surface area contributed by atoms with Gasteiger partial charge in [0.25, 0.3) is 5.91 Å². The van der Waals surface area contributed by atoms with E-state index in [0.29, 0.717) is 23.7 Å². The van der Waals surface area contributed by atoms with E-state index in [0.717, 1.165) is 53.3 Å². The molecular weight excluding hydrogens is 474 g/mol. The van der Waals surface area contributed by atoms with Crippen LogP contribution in [0.3, 0.4) is 0 Å². The zero-order valence-electron chi connectivity index (χ0n) is 21.5. The second-order valence-electron chi connectivity index (χ2n) is 10.6. The van der Waals surface area contributed by atoms with Crippen LogP contribution in [0, 0.1) is 0 Å². The molecule has 188 valence electrons. The van der Waals surface area contributed by atoms with Gasteiger partial charge in [0.15, 0.2) is 0 Å². The normalized spacial score (nSPS) is 15.1. The van der Waals surface area contributed by atoms with E-state index in [1.165, 1.54) is 0 Å². The van der Waals surface area contributed by atoms with Gasteiger partial charge in [0.2, 0.25) is 0 Å². The van der Waals surface area contributed by atoms with Gasteiger partial charge in [0.05, 0.1) is 22.0 Å². The average molecular weight is 506 g/mol. The molecule has 0 saturated carbocycles. The molecule has 1 aromatic carbocycles. The molecule has 8 nitrogen and oxygen atoms in total. The van der Waals surface area contributed by atoms with E-state index in [1.54, 1.807) is 6.20 Å². The van der Waals surface area contributed by atoms with E-state index >= 15 is 0 Å². The molecular formula is C27H32ClN7O. The molecule has 36 heavy (non-hydrogen) atoms. The Morgan fingerprint density at radius 3 is 2.50 bits per heavy atom. The third-order valence-corrected chi connectivity index (χ3v) is 7.04. The highest BCUT2D eigenvalue weighted by Gasteiger charge is 2.26. The number of carbonyl (C=O) groups excluding carboxylic acids is 1. The molecule has 0 spiro atoms. The number of hydrogen-bond donors (Lipinski definition) is 0. The number of rotatable bonds is 4. The van der Waals surface area contributed by atoms with Crippen LogP contribution in [0.15, 0.2) is 42.9 Å². The fourth-order valence-electron chi connectivity index (χ4n) is 4.70. The number of nitrogens with zero attached hydrogens (tertiary/aromatic N) is 7. The molecule has 0 atom stereocenters.